The summed E-state index contributed by atoms with van der Waals surface area (Å²) in [6.45, 7) is 4.17. The molecule has 0 amide bonds. The Hall–Kier alpha value is -1.80. The summed E-state index contributed by atoms with van der Waals surface area (Å²) >= 11 is 0. The number of hydrogen-bond donors (Lipinski definition) is 1. The summed E-state index contributed by atoms with van der Waals surface area (Å²) in [5.41, 5.74) is 10.8. The Bertz CT molecular complexity index is 512. The molecule has 0 fully saturated rings. The summed E-state index contributed by atoms with van der Waals surface area (Å²) < 4.78 is 0. The van der Waals surface area contributed by atoms with Gasteiger partial charge in [-0.2, -0.15) is 0 Å². The van der Waals surface area contributed by atoms with E-state index in [-0.39, 0.29) is 6.04 Å². The molecule has 1 atom stereocenters. The van der Waals surface area contributed by atoms with Crippen molar-refractivity contribution < 1.29 is 0 Å². The number of aryl methyl sites for hydroxylation is 1. The Kier molecular flexibility index (Phi) is 4.23. The zero-order valence-electron chi connectivity index (χ0n) is 11.9. The van der Waals surface area contributed by atoms with E-state index < -0.39 is 0 Å². The Morgan fingerprint density at radius 3 is 1.84 bits per heavy atom. The van der Waals surface area contributed by atoms with Crippen molar-refractivity contribution in [1.29, 1.82) is 0 Å². The quantitative estimate of drug-likeness (QED) is 0.892. The van der Waals surface area contributed by atoms with Crippen molar-refractivity contribution in [2.24, 2.45) is 5.73 Å². The highest BCUT2D eigenvalue weighted by molar-refractivity contribution is 5.62. The first-order chi connectivity index (χ1) is 9.11. The summed E-state index contributed by atoms with van der Waals surface area (Å²) in [4.78, 5) is 2.18. The van der Waals surface area contributed by atoms with Crippen molar-refractivity contribution in [3.05, 3.63) is 59.7 Å². The lowest BCUT2D eigenvalue weighted by Gasteiger charge is -2.20. The van der Waals surface area contributed by atoms with Crippen LogP contribution in [-0.4, -0.2) is 7.05 Å². The van der Waals surface area contributed by atoms with Crippen LogP contribution in [0.25, 0.3) is 0 Å². The zero-order valence-corrected chi connectivity index (χ0v) is 11.9. The fourth-order valence-corrected chi connectivity index (χ4v) is 2.11. The Morgan fingerprint density at radius 2 is 1.42 bits per heavy atom. The van der Waals surface area contributed by atoms with Gasteiger partial charge in [-0.3, -0.25) is 0 Å². The van der Waals surface area contributed by atoms with Gasteiger partial charge in [-0.05, 0) is 48.7 Å². The molecule has 19 heavy (non-hydrogen) atoms. The molecule has 0 saturated carbocycles. The van der Waals surface area contributed by atoms with Crippen LogP contribution in [0.2, 0.25) is 0 Å². The number of hydrogen-bond acceptors (Lipinski definition) is 2. The normalized spacial score (nSPS) is 12.2. The van der Waals surface area contributed by atoms with E-state index in [4.69, 9.17) is 5.73 Å². The van der Waals surface area contributed by atoms with Crippen LogP contribution in [0.1, 0.15) is 31.0 Å². The predicted molar refractivity (Wildman–Crippen MR) is 82.9 cm³/mol. The largest absolute Gasteiger partial charge is 0.345 e. The van der Waals surface area contributed by atoms with E-state index in [9.17, 15) is 0 Å². The van der Waals surface area contributed by atoms with Gasteiger partial charge in [0.1, 0.15) is 0 Å². The molecule has 0 radical (unpaired) electrons. The highest BCUT2D eigenvalue weighted by Gasteiger charge is 2.05. The molecule has 0 saturated heterocycles. The molecule has 0 heterocycles. The first-order valence-electron chi connectivity index (χ1n) is 6.80. The Morgan fingerprint density at radius 1 is 0.947 bits per heavy atom. The number of nitrogens with zero attached hydrogens (tertiary/aromatic N) is 1. The first-order valence-corrected chi connectivity index (χ1v) is 6.80. The van der Waals surface area contributed by atoms with Gasteiger partial charge in [0.25, 0.3) is 0 Å². The van der Waals surface area contributed by atoms with Gasteiger partial charge in [0.15, 0.2) is 0 Å². The summed E-state index contributed by atoms with van der Waals surface area (Å²) in [5, 5.41) is 0. The molecule has 0 spiro atoms. The molecule has 2 aromatic carbocycles. The second kappa shape index (κ2) is 5.89. The zero-order chi connectivity index (χ0) is 13.8. The number of rotatable bonds is 4. The van der Waals surface area contributed by atoms with E-state index in [0.717, 1.165) is 6.42 Å². The average Bonchev–Trinajstić information content (AvgIpc) is 2.46. The van der Waals surface area contributed by atoms with E-state index >= 15 is 0 Å². The van der Waals surface area contributed by atoms with Gasteiger partial charge in [-0.1, -0.05) is 31.2 Å². The third kappa shape index (κ3) is 3.15. The van der Waals surface area contributed by atoms with Crippen LogP contribution in [0.4, 0.5) is 11.4 Å². The standard InChI is InChI=1S/C17H22N2/c1-4-14-5-9-16(10-6-14)19(3)17-11-7-15(8-12-17)13(2)18/h5-13H,4,18H2,1-3H3. The van der Waals surface area contributed by atoms with Crippen LogP contribution >= 0.6 is 0 Å². The SMILES string of the molecule is CCc1ccc(N(C)c2ccc(C(C)N)cc2)cc1. The Labute approximate surface area is 115 Å². The van der Waals surface area contributed by atoms with Crippen molar-refractivity contribution >= 4 is 11.4 Å². The molecular weight excluding hydrogens is 232 g/mol. The molecular formula is C17H22N2. The molecule has 0 bridgehead atoms. The molecule has 2 N–H and O–H groups in total. The topological polar surface area (TPSA) is 29.3 Å². The van der Waals surface area contributed by atoms with Gasteiger partial charge in [-0.15, -0.1) is 0 Å². The minimum Gasteiger partial charge on any atom is -0.345 e. The fourth-order valence-electron chi connectivity index (χ4n) is 2.11. The van der Waals surface area contributed by atoms with E-state index in [0.29, 0.717) is 0 Å². The van der Waals surface area contributed by atoms with Crippen LogP contribution in [0.15, 0.2) is 48.5 Å². The lowest BCUT2D eigenvalue weighted by Crippen LogP contribution is -2.10. The van der Waals surface area contributed by atoms with Gasteiger partial charge in [0.2, 0.25) is 0 Å². The van der Waals surface area contributed by atoms with Crippen LogP contribution in [-0.2, 0) is 6.42 Å². The van der Waals surface area contributed by atoms with Crippen LogP contribution in [0.5, 0.6) is 0 Å². The van der Waals surface area contributed by atoms with Crippen LogP contribution < -0.4 is 10.6 Å². The van der Waals surface area contributed by atoms with Gasteiger partial charge >= 0.3 is 0 Å². The third-order valence-electron chi connectivity index (χ3n) is 3.54. The fraction of sp³-hybridized carbons (Fsp3) is 0.294. The molecule has 2 nitrogen and oxygen atoms in total. The van der Waals surface area contributed by atoms with E-state index in [1.54, 1.807) is 0 Å². The maximum Gasteiger partial charge on any atom is 0.0408 e. The van der Waals surface area contributed by atoms with Crippen LogP contribution in [0.3, 0.4) is 0 Å². The van der Waals surface area contributed by atoms with Crippen molar-refractivity contribution in [3.63, 3.8) is 0 Å². The average molecular weight is 254 g/mol. The molecule has 100 valence electrons. The summed E-state index contributed by atoms with van der Waals surface area (Å²) in [6, 6.07) is 17.2. The number of benzene rings is 2. The van der Waals surface area contributed by atoms with E-state index in [1.165, 1.54) is 22.5 Å². The van der Waals surface area contributed by atoms with E-state index in [2.05, 4.69) is 67.4 Å². The lowest BCUT2D eigenvalue weighted by atomic mass is 10.1. The molecule has 2 rings (SSSR count). The molecule has 2 heteroatoms. The van der Waals surface area contributed by atoms with Crippen molar-refractivity contribution in [3.8, 4) is 0 Å². The minimum absolute atomic E-state index is 0.0863. The highest BCUT2D eigenvalue weighted by Crippen LogP contribution is 2.25. The van der Waals surface area contributed by atoms with E-state index in [1.807, 2.05) is 6.92 Å². The molecule has 0 aliphatic heterocycles. The second-order valence-corrected chi connectivity index (χ2v) is 4.96. The molecule has 0 aliphatic rings. The molecule has 0 aliphatic carbocycles. The molecule has 0 aromatic heterocycles. The van der Waals surface area contributed by atoms with Crippen LogP contribution in [0, 0.1) is 0 Å². The summed E-state index contributed by atoms with van der Waals surface area (Å²) in [6.07, 6.45) is 1.08. The number of anilines is 2. The maximum absolute atomic E-state index is 5.87. The van der Waals surface area contributed by atoms with Crippen molar-refractivity contribution in [2.75, 3.05) is 11.9 Å². The Balaban J connectivity index is 2.20. The lowest BCUT2D eigenvalue weighted by molar-refractivity contribution is 0.818. The predicted octanol–water partition coefficient (Wildman–Crippen LogP) is 4.04. The first kappa shape index (κ1) is 13.6. The van der Waals surface area contributed by atoms with Gasteiger partial charge < -0.3 is 10.6 Å². The smallest absolute Gasteiger partial charge is 0.0408 e. The summed E-state index contributed by atoms with van der Waals surface area (Å²) in [5.74, 6) is 0. The van der Waals surface area contributed by atoms with Gasteiger partial charge in [-0.25, -0.2) is 0 Å². The maximum atomic E-state index is 5.87. The molecule has 2 aromatic rings. The van der Waals surface area contributed by atoms with Crippen molar-refractivity contribution in [2.45, 2.75) is 26.3 Å². The second-order valence-electron chi connectivity index (χ2n) is 4.96. The summed E-state index contributed by atoms with van der Waals surface area (Å²) in [7, 11) is 2.09. The van der Waals surface area contributed by atoms with Gasteiger partial charge in [0, 0.05) is 24.5 Å². The third-order valence-corrected chi connectivity index (χ3v) is 3.54. The highest BCUT2D eigenvalue weighted by atomic mass is 15.1. The minimum atomic E-state index is 0.0863. The number of nitrogens with two attached hydrogens (primary N) is 1. The van der Waals surface area contributed by atoms with Crippen molar-refractivity contribution in [1.82, 2.24) is 0 Å². The monoisotopic (exact) mass is 254 g/mol. The molecule has 1 unspecified atom stereocenters. The van der Waals surface area contributed by atoms with Gasteiger partial charge in [0.05, 0.1) is 0 Å².